The fourth-order valence-electron chi connectivity index (χ4n) is 2.08. The van der Waals surface area contributed by atoms with Crippen LogP contribution in [0, 0.1) is 11.6 Å². The van der Waals surface area contributed by atoms with Crippen LogP contribution in [0.5, 0.6) is 0 Å². The summed E-state index contributed by atoms with van der Waals surface area (Å²) in [4.78, 5) is 23.4. The molecule has 0 radical (unpaired) electrons. The average Bonchev–Trinajstić information content (AvgIpc) is 2.61. The molecule has 0 heterocycles. The minimum absolute atomic E-state index is 0.117. The Hall–Kier alpha value is -3.18. The number of hydrogen-bond acceptors (Lipinski definition) is 3. The van der Waals surface area contributed by atoms with E-state index in [1.165, 1.54) is 0 Å². The number of rotatable bonds is 4. The standard InChI is InChI=1S/C17H9F8NO3/c18-11-2-1-3-12(19)14(11)26-13(27)7-29-15(28)8-4-9(16(20,21)22)6-10(5-8)17(23,24)25/h1-6H,7H2,(H,26,27). The van der Waals surface area contributed by atoms with E-state index in [0.29, 0.717) is 0 Å². The highest BCUT2D eigenvalue weighted by Crippen LogP contribution is 2.36. The topological polar surface area (TPSA) is 55.4 Å². The van der Waals surface area contributed by atoms with E-state index in [0.717, 1.165) is 18.2 Å². The van der Waals surface area contributed by atoms with Gasteiger partial charge < -0.3 is 10.1 Å². The number of halogens is 8. The molecule has 0 atom stereocenters. The van der Waals surface area contributed by atoms with E-state index < -0.39 is 64.8 Å². The first-order valence-electron chi connectivity index (χ1n) is 7.49. The quantitative estimate of drug-likeness (QED) is 0.564. The van der Waals surface area contributed by atoms with Gasteiger partial charge in [0.05, 0.1) is 16.7 Å². The Balaban J connectivity index is 2.17. The molecule has 0 bridgehead atoms. The van der Waals surface area contributed by atoms with Crippen molar-refractivity contribution >= 4 is 17.6 Å². The van der Waals surface area contributed by atoms with Crippen LogP contribution >= 0.6 is 0 Å². The van der Waals surface area contributed by atoms with Gasteiger partial charge in [-0.25, -0.2) is 13.6 Å². The third kappa shape index (κ3) is 5.65. The van der Waals surface area contributed by atoms with Crippen LogP contribution in [0.3, 0.4) is 0 Å². The number of benzene rings is 2. The van der Waals surface area contributed by atoms with Crippen LogP contribution < -0.4 is 5.32 Å². The van der Waals surface area contributed by atoms with Gasteiger partial charge in [0.1, 0.15) is 17.3 Å². The van der Waals surface area contributed by atoms with Crippen LogP contribution in [-0.4, -0.2) is 18.5 Å². The molecule has 0 fully saturated rings. The predicted octanol–water partition coefficient (Wildman–Crippen LogP) is 4.80. The molecule has 2 aromatic rings. The van der Waals surface area contributed by atoms with E-state index in [2.05, 4.69) is 4.74 Å². The lowest BCUT2D eigenvalue weighted by Gasteiger charge is -2.14. The number of anilines is 1. The Morgan fingerprint density at radius 1 is 0.862 bits per heavy atom. The summed E-state index contributed by atoms with van der Waals surface area (Å²) in [7, 11) is 0. The maximum atomic E-state index is 13.4. The molecule has 0 spiro atoms. The van der Waals surface area contributed by atoms with Crippen LogP contribution in [0.15, 0.2) is 36.4 Å². The fraction of sp³-hybridized carbons (Fsp3) is 0.176. The molecule has 0 saturated carbocycles. The highest BCUT2D eigenvalue weighted by molar-refractivity contribution is 5.95. The molecule has 2 rings (SSSR count). The number of carbonyl (C=O) groups excluding carboxylic acids is 2. The maximum Gasteiger partial charge on any atom is 0.416 e. The molecule has 156 valence electrons. The predicted molar refractivity (Wildman–Crippen MR) is 81.7 cm³/mol. The van der Waals surface area contributed by atoms with Gasteiger partial charge in [-0.3, -0.25) is 4.79 Å². The van der Waals surface area contributed by atoms with Crippen molar-refractivity contribution in [2.75, 3.05) is 11.9 Å². The molecular weight excluding hydrogens is 418 g/mol. The third-order valence-electron chi connectivity index (χ3n) is 3.38. The van der Waals surface area contributed by atoms with E-state index >= 15 is 0 Å². The Morgan fingerprint density at radius 3 is 1.79 bits per heavy atom. The van der Waals surface area contributed by atoms with Gasteiger partial charge in [0.2, 0.25) is 0 Å². The first-order valence-corrected chi connectivity index (χ1v) is 7.49. The number of ether oxygens (including phenoxy) is 1. The van der Waals surface area contributed by atoms with Gasteiger partial charge in [-0.2, -0.15) is 26.3 Å². The maximum absolute atomic E-state index is 13.4. The van der Waals surface area contributed by atoms with Crippen molar-refractivity contribution in [3.63, 3.8) is 0 Å². The number of nitrogens with one attached hydrogen (secondary N) is 1. The van der Waals surface area contributed by atoms with Gasteiger partial charge in [0.25, 0.3) is 5.91 Å². The number of carbonyl (C=O) groups is 2. The number of esters is 1. The van der Waals surface area contributed by atoms with E-state index in [1.807, 2.05) is 0 Å². The summed E-state index contributed by atoms with van der Waals surface area (Å²) < 4.78 is 108. The fourth-order valence-corrected chi connectivity index (χ4v) is 2.08. The summed E-state index contributed by atoms with van der Waals surface area (Å²) in [5, 5.41) is 1.73. The van der Waals surface area contributed by atoms with Crippen LogP contribution in [0.1, 0.15) is 21.5 Å². The van der Waals surface area contributed by atoms with Crippen molar-refractivity contribution < 1.29 is 49.4 Å². The molecule has 0 unspecified atom stereocenters. The Kier molecular flexibility index (Phi) is 6.14. The first kappa shape index (κ1) is 22.1. The lowest BCUT2D eigenvalue weighted by molar-refractivity contribution is -0.143. The lowest BCUT2D eigenvalue weighted by atomic mass is 10.0. The molecule has 0 aliphatic heterocycles. The van der Waals surface area contributed by atoms with Crippen molar-refractivity contribution in [2.24, 2.45) is 0 Å². The number of amides is 1. The molecule has 0 aliphatic carbocycles. The zero-order valence-electron chi connectivity index (χ0n) is 13.9. The smallest absolute Gasteiger partial charge is 0.416 e. The molecule has 0 saturated heterocycles. The Bertz CT molecular complexity index is 885. The van der Waals surface area contributed by atoms with Gasteiger partial charge in [0.15, 0.2) is 6.61 Å². The van der Waals surface area contributed by atoms with Gasteiger partial charge in [-0.15, -0.1) is 0 Å². The summed E-state index contributed by atoms with van der Waals surface area (Å²) in [6, 6.07) is 2.67. The zero-order valence-corrected chi connectivity index (χ0v) is 13.9. The van der Waals surface area contributed by atoms with Crippen LogP contribution in [-0.2, 0) is 21.9 Å². The van der Waals surface area contributed by atoms with Gasteiger partial charge in [-0.05, 0) is 30.3 Å². The number of alkyl halides is 6. The minimum atomic E-state index is -5.18. The van der Waals surface area contributed by atoms with Gasteiger partial charge >= 0.3 is 18.3 Å². The zero-order chi connectivity index (χ0) is 22.0. The van der Waals surface area contributed by atoms with E-state index in [1.54, 1.807) is 5.32 Å². The molecule has 12 heteroatoms. The second kappa shape index (κ2) is 8.05. The molecule has 1 N–H and O–H groups in total. The van der Waals surface area contributed by atoms with Crippen LogP contribution in [0.25, 0.3) is 0 Å². The molecule has 4 nitrogen and oxygen atoms in total. The second-order valence-corrected chi connectivity index (χ2v) is 5.52. The normalized spacial score (nSPS) is 11.9. The molecule has 1 amide bonds. The van der Waals surface area contributed by atoms with Crippen molar-refractivity contribution in [1.82, 2.24) is 0 Å². The van der Waals surface area contributed by atoms with Crippen LogP contribution in [0.2, 0.25) is 0 Å². The second-order valence-electron chi connectivity index (χ2n) is 5.52. The molecule has 29 heavy (non-hydrogen) atoms. The number of hydrogen-bond donors (Lipinski definition) is 1. The Labute approximate surface area is 157 Å². The molecule has 0 aliphatic rings. The molecular formula is C17H9F8NO3. The lowest BCUT2D eigenvalue weighted by Crippen LogP contribution is -2.22. The summed E-state index contributed by atoms with van der Waals surface area (Å²) >= 11 is 0. The Morgan fingerprint density at radius 2 is 1.34 bits per heavy atom. The molecule has 0 aromatic heterocycles. The third-order valence-corrected chi connectivity index (χ3v) is 3.38. The largest absolute Gasteiger partial charge is 0.452 e. The van der Waals surface area contributed by atoms with E-state index in [-0.39, 0.29) is 18.2 Å². The van der Waals surface area contributed by atoms with Gasteiger partial charge in [0, 0.05) is 0 Å². The van der Waals surface area contributed by atoms with E-state index in [4.69, 9.17) is 0 Å². The average molecular weight is 427 g/mol. The monoisotopic (exact) mass is 427 g/mol. The van der Waals surface area contributed by atoms with Gasteiger partial charge in [-0.1, -0.05) is 6.07 Å². The SMILES string of the molecule is O=C(COC(=O)c1cc(C(F)(F)F)cc(C(F)(F)F)c1)Nc1c(F)cccc1F. The summed E-state index contributed by atoms with van der Waals surface area (Å²) in [5.74, 6) is -5.26. The van der Waals surface area contributed by atoms with Crippen molar-refractivity contribution in [3.8, 4) is 0 Å². The molecule has 2 aromatic carbocycles. The summed E-state index contributed by atoms with van der Waals surface area (Å²) in [5.41, 5.74) is -5.49. The van der Waals surface area contributed by atoms with Crippen molar-refractivity contribution in [1.29, 1.82) is 0 Å². The summed E-state index contributed by atoms with van der Waals surface area (Å²) in [6.45, 7) is -1.22. The minimum Gasteiger partial charge on any atom is -0.452 e. The van der Waals surface area contributed by atoms with Crippen LogP contribution in [0.4, 0.5) is 40.8 Å². The number of para-hydroxylation sites is 1. The summed E-state index contributed by atoms with van der Waals surface area (Å²) in [6.07, 6.45) is -10.4. The highest BCUT2D eigenvalue weighted by atomic mass is 19.4. The highest BCUT2D eigenvalue weighted by Gasteiger charge is 2.37. The van der Waals surface area contributed by atoms with E-state index in [9.17, 15) is 44.7 Å². The first-order chi connectivity index (χ1) is 13.3. The van der Waals surface area contributed by atoms with Crippen molar-refractivity contribution in [3.05, 3.63) is 64.7 Å². The van der Waals surface area contributed by atoms with Crippen molar-refractivity contribution in [2.45, 2.75) is 12.4 Å².